The SMILES string of the molecule is Cc1cc(CNCc2cnc3c(c2)c(C)nn3C)sc1C. The van der Waals surface area contributed by atoms with Crippen LogP contribution in [-0.4, -0.2) is 14.8 Å². The predicted molar refractivity (Wildman–Crippen MR) is 87.6 cm³/mol. The molecule has 0 aliphatic rings. The summed E-state index contributed by atoms with van der Waals surface area (Å²) in [5, 5.41) is 9.04. The summed E-state index contributed by atoms with van der Waals surface area (Å²) in [6.07, 6.45) is 1.93. The second-order valence-corrected chi connectivity index (χ2v) is 6.82. The third-order valence-electron chi connectivity index (χ3n) is 3.76. The van der Waals surface area contributed by atoms with Crippen molar-refractivity contribution >= 4 is 22.4 Å². The van der Waals surface area contributed by atoms with E-state index in [2.05, 4.69) is 41.4 Å². The molecule has 0 bridgehead atoms. The Morgan fingerprint density at radius 2 is 2.00 bits per heavy atom. The second-order valence-electron chi connectivity index (χ2n) is 5.48. The molecule has 3 heterocycles. The van der Waals surface area contributed by atoms with E-state index in [1.165, 1.54) is 20.9 Å². The summed E-state index contributed by atoms with van der Waals surface area (Å²) in [4.78, 5) is 7.30. The number of pyridine rings is 1. The lowest BCUT2D eigenvalue weighted by Gasteiger charge is -2.03. The highest BCUT2D eigenvalue weighted by atomic mass is 32.1. The molecule has 3 rings (SSSR count). The van der Waals surface area contributed by atoms with Crippen LogP contribution in [0.4, 0.5) is 0 Å². The lowest BCUT2D eigenvalue weighted by atomic mass is 10.2. The van der Waals surface area contributed by atoms with E-state index >= 15 is 0 Å². The van der Waals surface area contributed by atoms with Gasteiger partial charge in [0.2, 0.25) is 0 Å². The molecule has 0 spiro atoms. The molecule has 0 saturated carbocycles. The standard InChI is InChI=1S/C16H20N4S/c1-10-5-14(21-12(10)3)9-17-7-13-6-15-11(2)19-20(4)16(15)18-8-13/h5-6,8,17H,7,9H2,1-4H3. The molecule has 0 radical (unpaired) electrons. The highest BCUT2D eigenvalue weighted by molar-refractivity contribution is 7.12. The minimum atomic E-state index is 0.827. The van der Waals surface area contributed by atoms with Crippen LogP contribution in [0.5, 0.6) is 0 Å². The Kier molecular flexibility index (Phi) is 3.78. The first-order chi connectivity index (χ1) is 10.0. The van der Waals surface area contributed by atoms with Gasteiger partial charge in [-0.15, -0.1) is 11.3 Å². The fraction of sp³-hybridized carbons (Fsp3) is 0.375. The third-order valence-corrected chi connectivity index (χ3v) is 4.92. The Hall–Kier alpha value is -1.72. The zero-order valence-corrected chi connectivity index (χ0v) is 13.7. The van der Waals surface area contributed by atoms with Gasteiger partial charge in [-0.05, 0) is 44.0 Å². The van der Waals surface area contributed by atoms with Crippen LogP contribution in [0.15, 0.2) is 18.3 Å². The highest BCUT2D eigenvalue weighted by Crippen LogP contribution is 2.20. The van der Waals surface area contributed by atoms with Gasteiger partial charge in [-0.2, -0.15) is 5.10 Å². The van der Waals surface area contributed by atoms with Crippen molar-refractivity contribution in [2.75, 3.05) is 0 Å². The van der Waals surface area contributed by atoms with Gasteiger partial charge < -0.3 is 5.32 Å². The number of aryl methyl sites for hydroxylation is 4. The number of nitrogens with one attached hydrogen (secondary N) is 1. The maximum Gasteiger partial charge on any atom is 0.157 e. The van der Waals surface area contributed by atoms with E-state index < -0.39 is 0 Å². The van der Waals surface area contributed by atoms with Gasteiger partial charge in [0.1, 0.15) is 0 Å². The number of thiophene rings is 1. The first-order valence-electron chi connectivity index (χ1n) is 7.09. The number of aromatic nitrogens is 3. The quantitative estimate of drug-likeness (QED) is 0.804. The Bertz CT molecular complexity index is 766. The molecule has 0 aliphatic carbocycles. The summed E-state index contributed by atoms with van der Waals surface area (Å²) in [5.74, 6) is 0. The summed E-state index contributed by atoms with van der Waals surface area (Å²) in [5.41, 5.74) is 4.56. The van der Waals surface area contributed by atoms with Crippen molar-refractivity contribution in [3.8, 4) is 0 Å². The molecule has 0 amide bonds. The smallest absolute Gasteiger partial charge is 0.157 e. The fourth-order valence-corrected chi connectivity index (χ4v) is 3.54. The van der Waals surface area contributed by atoms with Crippen LogP contribution in [-0.2, 0) is 20.1 Å². The number of hydrogen-bond donors (Lipinski definition) is 1. The van der Waals surface area contributed by atoms with E-state index in [1.807, 2.05) is 36.2 Å². The van der Waals surface area contributed by atoms with Gasteiger partial charge >= 0.3 is 0 Å². The predicted octanol–water partition coefficient (Wildman–Crippen LogP) is 3.24. The van der Waals surface area contributed by atoms with Crippen LogP contribution < -0.4 is 5.32 Å². The van der Waals surface area contributed by atoms with Crippen molar-refractivity contribution in [1.82, 2.24) is 20.1 Å². The van der Waals surface area contributed by atoms with Crippen LogP contribution in [0.25, 0.3) is 11.0 Å². The first-order valence-corrected chi connectivity index (χ1v) is 7.91. The summed E-state index contributed by atoms with van der Waals surface area (Å²) in [7, 11) is 1.93. The van der Waals surface area contributed by atoms with Crippen molar-refractivity contribution < 1.29 is 0 Å². The van der Waals surface area contributed by atoms with Crippen molar-refractivity contribution in [3.05, 3.63) is 44.9 Å². The maximum absolute atomic E-state index is 4.51. The van der Waals surface area contributed by atoms with Gasteiger partial charge in [-0.25, -0.2) is 4.98 Å². The van der Waals surface area contributed by atoms with E-state index in [0.29, 0.717) is 0 Å². The Balaban J connectivity index is 1.69. The van der Waals surface area contributed by atoms with E-state index in [-0.39, 0.29) is 0 Å². The second kappa shape index (κ2) is 5.58. The topological polar surface area (TPSA) is 42.7 Å². The van der Waals surface area contributed by atoms with Crippen molar-refractivity contribution in [2.45, 2.75) is 33.9 Å². The fourth-order valence-electron chi connectivity index (χ4n) is 2.51. The molecule has 0 aliphatic heterocycles. The van der Waals surface area contributed by atoms with Crippen molar-refractivity contribution in [1.29, 1.82) is 0 Å². The largest absolute Gasteiger partial charge is 0.308 e. The van der Waals surface area contributed by atoms with Gasteiger partial charge in [0.05, 0.1) is 5.69 Å². The monoisotopic (exact) mass is 300 g/mol. The summed E-state index contributed by atoms with van der Waals surface area (Å²) < 4.78 is 1.83. The minimum Gasteiger partial charge on any atom is -0.308 e. The molecular formula is C16H20N4S. The van der Waals surface area contributed by atoms with Crippen LogP contribution in [0.2, 0.25) is 0 Å². The van der Waals surface area contributed by atoms with Crippen LogP contribution in [0.1, 0.15) is 26.6 Å². The molecule has 0 aromatic carbocycles. The van der Waals surface area contributed by atoms with Gasteiger partial charge in [0, 0.05) is 41.5 Å². The maximum atomic E-state index is 4.51. The number of fused-ring (bicyclic) bond motifs is 1. The zero-order valence-electron chi connectivity index (χ0n) is 12.9. The van der Waals surface area contributed by atoms with Crippen molar-refractivity contribution in [3.63, 3.8) is 0 Å². The average molecular weight is 300 g/mol. The Morgan fingerprint density at radius 3 is 2.71 bits per heavy atom. The molecule has 0 fully saturated rings. The molecule has 1 N–H and O–H groups in total. The molecular weight excluding hydrogens is 280 g/mol. The normalized spacial score (nSPS) is 11.4. The molecule has 110 valence electrons. The first kappa shape index (κ1) is 14.2. The molecule has 4 nitrogen and oxygen atoms in total. The number of hydrogen-bond acceptors (Lipinski definition) is 4. The van der Waals surface area contributed by atoms with Gasteiger partial charge in [0.15, 0.2) is 5.65 Å². The van der Waals surface area contributed by atoms with E-state index in [9.17, 15) is 0 Å². The highest BCUT2D eigenvalue weighted by Gasteiger charge is 2.07. The minimum absolute atomic E-state index is 0.827. The third kappa shape index (κ3) is 2.84. The molecule has 5 heteroatoms. The molecule has 3 aromatic rings. The van der Waals surface area contributed by atoms with Crippen LogP contribution >= 0.6 is 11.3 Å². The van der Waals surface area contributed by atoms with E-state index in [1.54, 1.807) is 0 Å². The molecule has 21 heavy (non-hydrogen) atoms. The Morgan fingerprint density at radius 1 is 1.19 bits per heavy atom. The van der Waals surface area contributed by atoms with E-state index in [0.717, 1.165) is 29.8 Å². The van der Waals surface area contributed by atoms with Crippen molar-refractivity contribution in [2.24, 2.45) is 7.05 Å². The van der Waals surface area contributed by atoms with Crippen LogP contribution in [0, 0.1) is 20.8 Å². The molecule has 0 unspecified atom stereocenters. The molecule has 3 aromatic heterocycles. The summed E-state index contributed by atoms with van der Waals surface area (Å²) in [6.45, 7) is 8.10. The van der Waals surface area contributed by atoms with E-state index in [4.69, 9.17) is 0 Å². The lowest BCUT2D eigenvalue weighted by Crippen LogP contribution is -2.12. The van der Waals surface area contributed by atoms with Gasteiger partial charge in [0.25, 0.3) is 0 Å². The van der Waals surface area contributed by atoms with Gasteiger partial charge in [-0.3, -0.25) is 4.68 Å². The zero-order chi connectivity index (χ0) is 15.0. The summed E-state index contributed by atoms with van der Waals surface area (Å²) in [6, 6.07) is 4.45. The average Bonchev–Trinajstić information content (AvgIpc) is 2.91. The Labute approximate surface area is 128 Å². The lowest BCUT2D eigenvalue weighted by molar-refractivity contribution is 0.699. The number of rotatable bonds is 4. The van der Waals surface area contributed by atoms with Gasteiger partial charge in [-0.1, -0.05) is 0 Å². The molecule has 0 saturated heterocycles. The number of nitrogens with zero attached hydrogens (tertiary/aromatic N) is 3. The summed E-state index contributed by atoms with van der Waals surface area (Å²) >= 11 is 1.87. The van der Waals surface area contributed by atoms with Crippen LogP contribution in [0.3, 0.4) is 0 Å². The molecule has 0 atom stereocenters.